The lowest BCUT2D eigenvalue weighted by Gasteiger charge is -2.31. The van der Waals surface area contributed by atoms with Gasteiger partial charge in [-0.3, -0.25) is 9.59 Å². The predicted octanol–water partition coefficient (Wildman–Crippen LogP) is 2.67. The van der Waals surface area contributed by atoms with Crippen molar-refractivity contribution in [2.75, 3.05) is 13.7 Å². The highest BCUT2D eigenvalue weighted by atomic mass is 16.5. The number of hydrogen-bond donors (Lipinski definition) is 0. The van der Waals surface area contributed by atoms with Gasteiger partial charge in [-0.2, -0.15) is 0 Å². The largest absolute Gasteiger partial charge is 0.452 e. The van der Waals surface area contributed by atoms with E-state index in [1.165, 1.54) is 6.42 Å². The van der Waals surface area contributed by atoms with Crippen LogP contribution in [0.4, 0.5) is 0 Å². The zero-order valence-electron chi connectivity index (χ0n) is 16.7. The molecule has 0 spiro atoms. The summed E-state index contributed by atoms with van der Waals surface area (Å²) < 4.78 is 6.86. The van der Waals surface area contributed by atoms with Crippen LogP contribution in [0.1, 0.15) is 55.1 Å². The minimum Gasteiger partial charge on any atom is -0.452 e. The van der Waals surface area contributed by atoms with E-state index in [1.54, 1.807) is 41.6 Å². The van der Waals surface area contributed by atoms with E-state index < -0.39 is 5.97 Å². The normalized spacial score (nSPS) is 14.8. The Hall–Kier alpha value is -2.70. The number of carbonyl (C=O) groups is 2. The zero-order chi connectivity index (χ0) is 20.3. The molecule has 0 bridgehead atoms. The molecule has 0 N–H and O–H groups in total. The van der Waals surface area contributed by atoms with Crippen molar-refractivity contribution >= 4 is 22.9 Å². The first-order valence-corrected chi connectivity index (χ1v) is 9.86. The van der Waals surface area contributed by atoms with E-state index in [0.29, 0.717) is 28.8 Å². The Labute approximate surface area is 164 Å². The molecule has 3 rings (SSSR count). The maximum Gasteiger partial charge on any atom is 0.338 e. The van der Waals surface area contributed by atoms with Crippen molar-refractivity contribution < 1.29 is 14.3 Å². The topological polar surface area (TPSA) is 81.5 Å². The number of rotatable bonds is 5. The number of ether oxygens (including phenoxy) is 1. The van der Waals surface area contributed by atoms with Gasteiger partial charge in [-0.1, -0.05) is 19.3 Å². The van der Waals surface area contributed by atoms with E-state index >= 15 is 0 Å². The molecule has 7 heteroatoms. The Balaban J connectivity index is 1.70. The van der Waals surface area contributed by atoms with Gasteiger partial charge in [0.2, 0.25) is 0 Å². The van der Waals surface area contributed by atoms with Crippen molar-refractivity contribution in [2.45, 2.75) is 58.5 Å². The van der Waals surface area contributed by atoms with E-state index in [4.69, 9.17) is 4.74 Å². The van der Waals surface area contributed by atoms with Gasteiger partial charge in [-0.25, -0.2) is 9.78 Å². The minimum atomic E-state index is -0.569. The number of hydrogen-bond acceptors (Lipinski definition) is 5. The Bertz CT molecular complexity index is 945. The lowest BCUT2D eigenvalue weighted by atomic mass is 9.94. The van der Waals surface area contributed by atoms with Crippen LogP contribution in [-0.4, -0.2) is 46.0 Å². The van der Waals surface area contributed by atoms with Crippen molar-refractivity contribution in [1.29, 1.82) is 0 Å². The van der Waals surface area contributed by atoms with Gasteiger partial charge < -0.3 is 14.2 Å². The molecule has 1 aromatic carbocycles. The maximum absolute atomic E-state index is 12.4. The van der Waals surface area contributed by atoms with Gasteiger partial charge >= 0.3 is 5.97 Å². The number of fused-ring (bicyclic) bond motifs is 1. The monoisotopic (exact) mass is 385 g/mol. The summed E-state index contributed by atoms with van der Waals surface area (Å²) in [5.41, 5.74) is 1.78. The van der Waals surface area contributed by atoms with Gasteiger partial charge in [-0.05, 0) is 44.9 Å². The number of esters is 1. The van der Waals surface area contributed by atoms with Crippen molar-refractivity contribution in [3.8, 4) is 0 Å². The summed E-state index contributed by atoms with van der Waals surface area (Å²) in [6.07, 6.45) is 5.49. The quantitative estimate of drug-likeness (QED) is 0.739. The van der Waals surface area contributed by atoms with Crippen LogP contribution in [0.5, 0.6) is 0 Å². The molecule has 0 atom stereocenters. The van der Waals surface area contributed by atoms with Crippen LogP contribution in [0.15, 0.2) is 23.0 Å². The highest BCUT2D eigenvalue weighted by Crippen LogP contribution is 2.21. The van der Waals surface area contributed by atoms with Crippen LogP contribution in [0.25, 0.3) is 11.0 Å². The fraction of sp³-hybridized carbons (Fsp3) is 0.524. The van der Waals surface area contributed by atoms with E-state index in [-0.39, 0.29) is 24.1 Å². The molecule has 28 heavy (non-hydrogen) atoms. The number of amides is 1. The lowest BCUT2D eigenvalue weighted by Crippen LogP contribution is -2.40. The number of carbonyl (C=O) groups excluding carboxylic acids is 2. The van der Waals surface area contributed by atoms with Crippen LogP contribution < -0.4 is 5.56 Å². The summed E-state index contributed by atoms with van der Waals surface area (Å²) in [5, 5.41) is 0. The SMILES string of the molecule is CCn1c(=O)c(C)nc2cc(C(=O)OCC(=O)N(C)C3CCCCC3)ccc21. The third-order valence-electron chi connectivity index (χ3n) is 5.50. The Morgan fingerprint density at radius 3 is 2.64 bits per heavy atom. The first-order valence-electron chi connectivity index (χ1n) is 9.86. The summed E-state index contributed by atoms with van der Waals surface area (Å²) in [6.45, 7) is 3.78. The molecule has 1 aliphatic rings. The van der Waals surface area contributed by atoms with Crippen LogP contribution in [0.3, 0.4) is 0 Å². The second kappa shape index (κ2) is 8.54. The van der Waals surface area contributed by atoms with E-state index in [1.807, 2.05) is 6.92 Å². The summed E-state index contributed by atoms with van der Waals surface area (Å²) in [4.78, 5) is 42.9. The van der Waals surface area contributed by atoms with Gasteiger partial charge in [0, 0.05) is 19.6 Å². The minimum absolute atomic E-state index is 0.137. The second-order valence-electron chi connectivity index (χ2n) is 7.32. The van der Waals surface area contributed by atoms with Crippen LogP contribution >= 0.6 is 0 Å². The van der Waals surface area contributed by atoms with Gasteiger partial charge in [0.05, 0.1) is 16.6 Å². The molecule has 1 amide bonds. The average Bonchev–Trinajstić information content (AvgIpc) is 2.72. The van der Waals surface area contributed by atoms with Crippen molar-refractivity contribution in [1.82, 2.24) is 14.5 Å². The van der Waals surface area contributed by atoms with Crippen LogP contribution in [0.2, 0.25) is 0 Å². The van der Waals surface area contributed by atoms with E-state index in [0.717, 1.165) is 25.7 Å². The molecule has 0 aliphatic heterocycles. The summed E-state index contributed by atoms with van der Waals surface area (Å²) in [6, 6.07) is 5.13. The zero-order valence-corrected chi connectivity index (χ0v) is 16.7. The molecule has 0 saturated heterocycles. The molecule has 150 valence electrons. The average molecular weight is 385 g/mol. The standard InChI is InChI=1S/C21H27N3O4/c1-4-24-18-11-10-15(12-17(18)22-14(2)20(24)26)21(27)28-13-19(25)23(3)16-8-6-5-7-9-16/h10-12,16H,4-9,13H2,1-3H3. The fourth-order valence-corrected chi connectivity index (χ4v) is 3.80. The Kier molecular flexibility index (Phi) is 6.11. The second-order valence-corrected chi connectivity index (χ2v) is 7.32. The molecule has 1 heterocycles. The van der Waals surface area contributed by atoms with Crippen LogP contribution in [0, 0.1) is 6.92 Å². The third kappa shape index (κ3) is 4.08. The smallest absolute Gasteiger partial charge is 0.338 e. The number of aromatic nitrogens is 2. The molecule has 0 radical (unpaired) electrons. The predicted molar refractivity (Wildman–Crippen MR) is 106 cm³/mol. The van der Waals surface area contributed by atoms with E-state index in [2.05, 4.69) is 4.98 Å². The number of aryl methyl sites for hydroxylation is 2. The summed E-state index contributed by atoms with van der Waals surface area (Å²) >= 11 is 0. The lowest BCUT2D eigenvalue weighted by molar-refractivity contribution is -0.135. The molecule has 7 nitrogen and oxygen atoms in total. The van der Waals surface area contributed by atoms with Gasteiger partial charge in [0.15, 0.2) is 6.61 Å². The third-order valence-corrected chi connectivity index (χ3v) is 5.50. The number of benzene rings is 1. The molecule has 2 aromatic rings. The molecule has 0 unspecified atom stereocenters. The van der Waals surface area contributed by atoms with Crippen molar-refractivity contribution in [3.05, 3.63) is 39.8 Å². The van der Waals surface area contributed by atoms with E-state index in [9.17, 15) is 14.4 Å². The Morgan fingerprint density at radius 1 is 1.25 bits per heavy atom. The number of nitrogens with zero attached hydrogens (tertiary/aromatic N) is 3. The summed E-state index contributed by atoms with van der Waals surface area (Å²) in [7, 11) is 1.78. The highest BCUT2D eigenvalue weighted by Gasteiger charge is 2.23. The molecule has 1 aliphatic carbocycles. The van der Waals surface area contributed by atoms with Crippen LogP contribution in [-0.2, 0) is 16.1 Å². The van der Waals surface area contributed by atoms with Gasteiger partial charge in [0.25, 0.3) is 11.5 Å². The molecule has 1 fully saturated rings. The fourth-order valence-electron chi connectivity index (χ4n) is 3.80. The first kappa shape index (κ1) is 20.0. The molecular weight excluding hydrogens is 358 g/mol. The Morgan fingerprint density at radius 2 is 1.96 bits per heavy atom. The van der Waals surface area contributed by atoms with Crippen molar-refractivity contribution in [3.63, 3.8) is 0 Å². The van der Waals surface area contributed by atoms with Gasteiger partial charge in [-0.15, -0.1) is 0 Å². The molecular formula is C21H27N3O4. The summed E-state index contributed by atoms with van der Waals surface area (Å²) in [5.74, 6) is -0.754. The highest BCUT2D eigenvalue weighted by molar-refractivity contribution is 5.94. The molecule has 1 saturated carbocycles. The van der Waals surface area contributed by atoms with Gasteiger partial charge in [0.1, 0.15) is 5.69 Å². The molecule has 1 aromatic heterocycles. The first-order chi connectivity index (χ1) is 13.4. The van der Waals surface area contributed by atoms with Crippen molar-refractivity contribution in [2.24, 2.45) is 0 Å². The number of likely N-dealkylation sites (N-methyl/N-ethyl adjacent to an activating group) is 1. The maximum atomic E-state index is 12.4.